The number of halogens is 1. The van der Waals surface area contributed by atoms with Gasteiger partial charge in [-0.3, -0.25) is 0 Å². The molecule has 0 aromatic carbocycles. The van der Waals surface area contributed by atoms with E-state index in [1.807, 2.05) is 0 Å². The van der Waals surface area contributed by atoms with Gasteiger partial charge < -0.3 is 19.3 Å². The van der Waals surface area contributed by atoms with Gasteiger partial charge in [0.1, 0.15) is 6.61 Å². The molecule has 1 N–H and O–H groups in total. The van der Waals surface area contributed by atoms with Crippen molar-refractivity contribution in [3.63, 3.8) is 0 Å². The number of aromatic nitrogens is 1. The molecule has 0 amide bonds. The summed E-state index contributed by atoms with van der Waals surface area (Å²) in [5, 5.41) is 9.43. The van der Waals surface area contributed by atoms with Gasteiger partial charge in [0.15, 0.2) is 0 Å². The third kappa shape index (κ3) is 5.64. The Hall–Kier alpha value is -0.880. The van der Waals surface area contributed by atoms with Crippen molar-refractivity contribution >= 4 is 11.6 Å². The van der Waals surface area contributed by atoms with Gasteiger partial charge in [-0.1, -0.05) is 11.6 Å². The van der Waals surface area contributed by atoms with Crippen LogP contribution in [0.5, 0.6) is 5.88 Å². The van der Waals surface area contributed by atoms with Gasteiger partial charge in [-0.2, -0.15) is 0 Å². The number of aliphatic hydroxyl groups excluding tert-OH is 1. The minimum Gasteiger partial charge on any atom is -0.475 e. The highest BCUT2D eigenvalue weighted by molar-refractivity contribution is 6.31. The van der Waals surface area contributed by atoms with E-state index < -0.39 is 0 Å². The van der Waals surface area contributed by atoms with Gasteiger partial charge in [0.05, 0.1) is 23.9 Å². The molecule has 1 aromatic heterocycles. The first-order valence-electron chi connectivity index (χ1n) is 5.73. The summed E-state index contributed by atoms with van der Waals surface area (Å²) in [5.74, 6) is 0.434. The molecule has 0 aliphatic heterocycles. The monoisotopic (exact) mass is 275 g/mol. The molecular formula is C12H18ClNO4. The number of pyridine rings is 1. The van der Waals surface area contributed by atoms with Crippen molar-refractivity contribution in [1.82, 2.24) is 4.98 Å². The molecule has 0 unspecified atom stereocenters. The van der Waals surface area contributed by atoms with Crippen LogP contribution in [0.25, 0.3) is 0 Å². The van der Waals surface area contributed by atoms with E-state index in [9.17, 15) is 0 Å². The van der Waals surface area contributed by atoms with Crippen LogP contribution >= 0.6 is 11.6 Å². The van der Waals surface area contributed by atoms with Crippen LogP contribution in [0.2, 0.25) is 5.02 Å². The van der Waals surface area contributed by atoms with Gasteiger partial charge >= 0.3 is 0 Å². The molecule has 5 nitrogen and oxygen atoms in total. The molecule has 6 heteroatoms. The number of rotatable bonds is 9. The lowest BCUT2D eigenvalue weighted by atomic mass is 10.3. The van der Waals surface area contributed by atoms with Crippen molar-refractivity contribution in [1.29, 1.82) is 0 Å². The summed E-state index contributed by atoms with van der Waals surface area (Å²) >= 11 is 5.81. The number of ether oxygens (including phenoxy) is 3. The summed E-state index contributed by atoms with van der Waals surface area (Å²) < 4.78 is 15.6. The summed E-state index contributed by atoms with van der Waals surface area (Å²) in [6.45, 7) is 2.03. The van der Waals surface area contributed by atoms with E-state index in [0.29, 0.717) is 43.0 Å². The molecule has 0 aliphatic rings. The molecule has 0 fully saturated rings. The molecule has 0 saturated carbocycles. The van der Waals surface area contributed by atoms with Crippen molar-refractivity contribution in [3.8, 4) is 5.88 Å². The van der Waals surface area contributed by atoms with Gasteiger partial charge in [-0.25, -0.2) is 4.98 Å². The molecule has 0 saturated heterocycles. The normalized spacial score (nSPS) is 10.6. The standard InChI is InChI=1S/C12H18ClNO4/c1-16-5-2-6-17-7-8-18-12-4-3-10(13)11(9-15)14-12/h3-4,15H,2,5-9H2,1H3. The summed E-state index contributed by atoms with van der Waals surface area (Å²) in [4.78, 5) is 4.06. The second kappa shape index (κ2) is 9.10. The first-order valence-corrected chi connectivity index (χ1v) is 6.11. The summed E-state index contributed by atoms with van der Waals surface area (Å²) in [6, 6.07) is 3.31. The van der Waals surface area contributed by atoms with Crippen molar-refractivity contribution in [2.24, 2.45) is 0 Å². The maximum atomic E-state index is 9.00. The van der Waals surface area contributed by atoms with E-state index in [4.69, 9.17) is 30.9 Å². The van der Waals surface area contributed by atoms with Gasteiger partial charge in [-0.05, 0) is 12.5 Å². The average Bonchev–Trinajstić information content (AvgIpc) is 2.39. The molecule has 0 aliphatic carbocycles. The zero-order chi connectivity index (χ0) is 13.2. The van der Waals surface area contributed by atoms with Crippen molar-refractivity contribution in [3.05, 3.63) is 22.8 Å². The Labute approximate surface area is 112 Å². The van der Waals surface area contributed by atoms with Gasteiger partial charge in [0, 0.05) is 26.4 Å². The van der Waals surface area contributed by atoms with Crippen LogP contribution in [0.15, 0.2) is 12.1 Å². The highest BCUT2D eigenvalue weighted by Gasteiger charge is 2.03. The predicted octanol–water partition coefficient (Wildman–Crippen LogP) is 1.66. The molecule has 18 heavy (non-hydrogen) atoms. The average molecular weight is 276 g/mol. The lowest BCUT2D eigenvalue weighted by Gasteiger charge is -2.08. The van der Waals surface area contributed by atoms with Crippen LogP contribution in [-0.4, -0.2) is 43.6 Å². The highest BCUT2D eigenvalue weighted by atomic mass is 35.5. The maximum absolute atomic E-state index is 9.00. The fourth-order valence-electron chi connectivity index (χ4n) is 1.27. The van der Waals surface area contributed by atoms with E-state index in [0.717, 1.165) is 6.42 Å². The zero-order valence-corrected chi connectivity index (χ0v) is 11.2. The minimum absolute atomic E-state index is 0.205. The number of aliphatic hydroxyl groups is 1. The first kappa shape index (κ1) is 15.2. The fourth-order valence-corrected chi connectivity index (χ4v) is 1.43. The molecule has 0 atom stereocenters. The smallest absolute Gasteiger partial charge is 0.213 e. The highest BCUT2D eigenvalue weighted by Crippen LogP contribution is 2.17. The van der Waals surface area contributed by atoms with Gasteiger partial charge in [-0.15, -0.1) is 0 Å². The number of hydrogen-bond acceptors (Lipinski definition) is 5. The van der Waals surface area contributed by atoms with Crippen molar-refractivity contribution in [2.75, 3.05) is 33.5 Å². The van der Waals surface area contributed by atoms with Crippen molar-refractivity contribution < 1.29 is 19.3 Å². The predicted molar refractivity (Wildman–Crippen MR) is 68.0 cm³/mol. The molecule has 0 spiro atoms. The molecule has 1 rings (SSSR count). The Kier molecular flexibility index (Phi) is 7.68. The van der Waals surface area contributed by atoms with Crippen molar-refractivity contribution in [2.45, 2.75) is 13.0 Å². The van der Waals surface area contributed by atoms with Crippen LogP contribution in [0, 0.1) is 0 Å². The summed E-state index contributed by atoms with van der Waals surface area (Å²) in [7, 11) is 1.66. The quantitative estimate of drug-likeness (QED) is 0.695. The molecule has 102 valence electrons. The van der Waals surface area contributed by atoms with Gasteiger partial charge in [0.2, 0.25) is 5.88 Å². The SMILES string of the molecule is COCCCOCCOc1ccc(Cl)c(CO)n1. The van der Waals surface area contributed by atoms with E-state index in [-0.39, 0.29) is 6.61 Å². The zero-order valence-electron chi connectivity index (χ0n) is 10.4. The number of methoxy groups -OCH3 is 1. The first-order chi connectivity index (χ1) is 8.77. The largest absolute Gasteiger partial charge is 0.475 e. The number of nitrogens with zero attached hydrogens (tertiary/aromatic N) is 1. The Bertz CT molecular complexity index is 349. The van der Waals surface area contributed by atoms with Crippen LogP contribution in [0.3, 0.4) is 0 Å². The topological polar surface area (TPSA) is 60.8 Å². The van der Waals surface area contributed by atoms with Crippen LogP contribution < -0.4 is 4.74 Å². The lowest BCUT2D eigenvalue weighted by molar-refractivity contribution is 0.0794. The third-order valence-corrected chi connectivity index (χ3v) is 2.50. The summed E-state index contributed by atoms with van der Waals surface area (Å²) in [5.41, 5.74) is 0.412. The Morgan fingerprint density at radius 1 is 1.22 bits per heavy atom. The Balaban J connectivity index is 2.19. The molecular weight excluding hydrogens is 258 g/mol. The second-order valence-corrected chi connectivity index (χ2v) is 3.95. The van der Waals surface area contributed by atoms with E-state index in [1.165, 1.54) is 0 Å². The van der Waals surface area contributed by atoms with Crippen LogP contribution in [0.4, 0.5) is 0 Å². The Morgan fingerprint density at radius 3 is 2.78 bits per heavy atom. The summed E-state index contributed by atoms with van der Waals surface area (Å²) in [6.07, 6.45) is 0.865. The second-order valence-electron chi connectivity index (χ2n) is 3.54. The number of hydrogen-bond donors (Lipinski definition) is 1. The van der Waals surface area contributed by atoms with Crippen LogP contribution in [-0.2, 0) is 16.1 Å². The van der Waals surface area contributed by atoms with E-state index >= 15 is 0 Å². The van der Waals surface area contributed by atoms with E-state index in [2.05, 4.69) is 4.98 Å². The van der Waals surface area contributed by atoms with Crippen LogP contribution in [0.1, 0.15) is 12.1 Å². The van der Waals surface area contributed by atoms with E-state index in [1.54, 1.807) is 19.2 Å². The third-order valence-electron chi connectivity index (χ3n) is 2.16. The van der Waals surface area contributed by atoms with Gasteiger partial charge in [0.25, 0.3) is 0 Å². The molecule has 0 bridgehead atoms. The fraction of sp³-hybridized carbons (Fsp3) is 0.583. The minimum atomic E-state index is -0.205. The Morgan fingerprint density at radius 2 is 2.06 bits per heavy atom. The maximum Gasteiger partial charge on any atom is 0.213 e. The lowest BCUT2D eigenvalue weighted by Crippen LogP contribution is -2.09. The molecule has 0 radical (unpaired) electrons. The molecule has 1 heterocycles. The molecule has 1 aromatic rings.